The summed E-state index contributed by atoms with van der Waals surface area (Å²) in [6.07, 6.45) is 0. The van der Waals surface area contributed by atoms with Gasteiger partial charge in [-0.3, -0.25) is 9.97 Å². The summed E-state index contributed by atoms with van der Waals surface area (Å²) in [5, 5.41) is 1.33. The van der Waals surface area contributed by atoms with Gasteiger partial charge >= 0.3 is 0 Å². The standard InChI is InChI=1S/C16H18Br2N2O2/c1-3-21-13-5-11(9-17)19-15(7-13)16-8-14(22-4-2)6-12(10-18)20-16/h5-8H,3-4,9-10H2,1-2H3. The Balaban J connectivity index is 2.49. The van der Waals surface area contributed by atoms with Crippen molar-refractivity contribution in [3.63, 3.8) is 0 Å². The summed E-state index contributed by atoms with van der Waals surface area (Å²) in [5.41, 5.74) is 3.38. The number of ether oxygens (including phenoxy) is 2. The largest absolute Gasteiger partial charge is 0.494 e. The molecule has 0 aliphatic heterocycles. The first-order chi connectivity index (χ1) is 10.7. The molecule has 0 N–H and O–H groups in total. The van der Waals surface area contributed by atoms with E-state index in [4.69, 9.17) is 9.47 Å². The van der Waals surface area contributed by atoms with Crippen LogP contribution in [0.2, 0.25) is 0 Å². The third-order valence-electron chi connectivity index (χ3n) is 2.86. The molecule has 0 aromatic carbocycles. The number of hydrogen-bond acceptors (Lipinski definition) is 4. The molecule has 0 radical (unpaired) electrons. The maximum Gasteiger partial charge on any atom is 0.123 e. The predicted molar refractivity (Wildman–Crippen MR) is 95.1 cm³/mol. The van der Waals surface area contributed by atoms with Gasteiger partial charge in [-0.25, -0.2) is 0 Å². The average molecular weight is 430 g/mol. The molecule has 0 unspecified atom stereocenters. The Kier molecular flexibility index (Phi) is 6.64. The molecule has 0 aliphatic carbocycles. The molecule has 2 rings (SSSR count). The predicted octanol–water partition coefficient (Wildman–Crippen LogP) is 4.73. The van der Waals surface area contributed by atoms with Crippen LogP contribution in [0, 0.1) is 0 Å². The molecule has 2 aromatic rings. The number of rotatable bonds is 7. The summed E-state index contributed by atoms with van der Waals surface area (Å²) in [5.74, 6) is 1.59. The number of pyridine rings is 2. The van der Waals surface area contributed by atoms with Gasteiger partial charge in [-0.15, -0.1) is 0 Å². The summed E-state index contributed by atoms with van der Waals surface area (Å²) in [6, 6.07) is 7.68. The van der Waals surface area contributed by atoms with E-state index in [1.54, 1.807) is 0 Å². The highest BCUT2D eigenvalue weighted by Crippen LogP contribution is 2.27. The lowest BCUT2D eigenvalue weighted by Gasteiger charge is -2.11. The Morgan fingerprint density at radius 1 is 0.773 bits per heavy atom. The number of alkyl halides is 2. The van der Waals surface area contributed by atoms with Gasteiger partial charge in [-0.05, 0) is 13.8 Å². The van der Waals surface area contributed by atoms with Crippen LogP contribution < -0.4 is 9.47 Å². The van der Waals surface area contributed by atoms with Gasteiger partial charge in [0.15, 0.2) is 0 Å². The highest BCUT2D eigenvalue weighted by molar-refractivity contribution is 9.08. The fourth-order valence-corrected chi connectivity index (χ4v) is 2.59. The summed E-state index contributed by atoms with van der Waals surface area (Å²) in [4.78, 5) is 9.24. The van der Waals surface area contributed by atoms with E-state index in [2.05, 4.69) is 41.8 Å². The lowest BCUT2D eigenvalue weighted by Crippen LogP contribution is -2.00. The molecule has 0 spiro atoms. The molecule has 4 nitrogen and oxygen atoms in total. The van der Waals surface area contributed by atoms with Crippen molar-refractivity contribution in [3.05, 3.63) is 35.7 Å². The lowest BCUT2D eigenvalue weighted by atomic mass is 10.2. The van der Waals surface area contributed by atoms with Crippen LogP contribution in [0.25, 0.3) is 11.4 Å². The normalized spacial score (nSPS) is 10.5. The van der Waals surface area contributed by atoms with Crippen LogP contribution in [0.4, 0.5) is 0 Å². The molecule has 0 saturated carbocycles. The van der Waals surface area contributed by atoms with Crippen molar-refractivity contribution in [3.8, 4) is 22.9 Å². The molecule has 0 amide bonds. The third kappa shape index (κ3) is 4.43. The van der Waals surface area contributed by atoms with E-state index >= 15 is 0 Å². The second kappa shape index (κ2) is 8.48. The fraction of sp³-hybridized carbons (Fsp3) is 0.375. The molecule has 0 aliphatic rings. The quantitative estimate of drug-likeness (QED) is 0.596. The van der Waals surface area contributed by atoms with Gasteiger partial charge in [0.05, 0.1) is 36.0 Å². The van der Waals surface area contributed by atoms with E-state index < -0.39 is 0 Å². The summed E-state index contributed by atoms with van der Waals surface area (Å²) in [6.45, 7) is 5.16. The minimum Gasteiger partial charge on any atom is -0.494 e. The van der Waals surface area contributed by atoms with Crippen molar-refractivity contribution in [2.75, 3.05) is 13.2 Å². The van der Waals surface area contributed by atoms with E-state index in [0.29, 0.717) is 23.9 Å². The Morgan fingerprint density at radius 3 is 1.50 bits per heavy atom. The van der Waals surface area contributed by atoms with Crippen LogP contribution in [0.15, 0.2) is 24.3 Å². The minimum atomic E-state index is 0.615. The number of nitrogens with zero attached hydrogens (tertiary/aromatic N) is 2. The third-order valence-corrected chi connectivity index (χ3v) is 4.01. The van der Waals surface area contributed by atoms with Crippen molar-refractivity contribution in [1.29, 1.82) is 0 Å². The van der Waals surface area contributed by atoms with Crippen LogP contribution in [0.1, 0.15) is 25.2 Å². The van der Waals surface area contributed by atoms with Gasteiger partial charge in [0.2, 0.25) is 0 Å². The van der Waals surface area contributed by atoms with Crippen molar-refractivity contribution in [2.24, 2.45) is 0 Å². The second-order valence-corrected chi connectivity index (χ2v) is 5.61. The first kappa shape index (κ1) is 17.2. The first-order valence-electron chi connectivity index (χ1n) is 7.10. The van der Waals surface area contributed by atoms with Crippen LogP contribution in [-0.2, 0) is 10.7 Å². The Labute approximate surface area is 147 Å². The number of halogens is 2. The average Bonchev–Trinajstić information content (AvgIpc) is 2.54. The summed E-state index contributed by atoms with van der Waals surface area (Å²) >= 11 is 6.89. The SMILES string of the molecule is CCOc1cc(CBr)nc(-c2cc(OCC)cc(CBr)n2)c1. The topological polar surface area (TPSA) is 44.2 Å². The smallest absolute Gasteiger partial charge is 0.123 e. The molecule has 22 heavy (non-hydrogen) atoms. The molecule has 0 bridgehead atoms. The second-order valence-electron chi connectivity index (χ2n) is 4.49. The van der Waals surface area contributed by atoms with Crippen molar-refractivity contribution in [1.82, 2.24) is 9.97 Å². The highest BCUT2D eigenvalue weighted by Gasteiger charge is 2.10. The Morgan fingerprint density at radius 2 is 1.18 bits per heavy atom. The van der Waals surface area contributed by atoms with Gasteiger partial charge in [-0.2, -0.15) is 0 Å². The van der Waals surface area contributed by atoms with Crippen LogP contribution >= 0.6 is 31.9 Å². The molecule has 0 fully saturated rings. The van der Waals surface area contributed by atoms with E-state index in [0.717, 1.165) is 34.3 Å². The lowest BCUT2D eigenvalue weighted by molar-refractivity contribution is 0.339. The molecule has 6 heteroatoms. The Bertz CT molecular complexity index is 580. The van der Waals surface area contributed by atoms with Crippen molar-refractivity contribution < 1.29 is 9.47 Å². The number of hydrogen-bond donors (Lipinski definition) is 0. The van der Waals surface area contributed by atoms with E-state index in [9.17, 15) is 0 Å². The van der Waals surface area contributed by atoms with Gasteiger partial charge < -0.3 is 9.47 Å². The van der Waals surface area contributed by atoms with Crippen molar-refractivity contribution in [2.45, 2.75) is 24.5 Å². The van der Waals surface area contributed by atoms with Crippen molar-refractivity contribution >= 4 is 31.9 Å². The zero-order chi connectivity index (χ0) is 15.9. The van der Waals surface area contributed by atoms with E-state index in [-0.39, 0.29) is 0 Å². The maximum atomic E-state index is 5.62. The fourth-order valence-electron chi connectivity index (χ4n) is 2.02. The van der Waals surface area contributed by atoms with E-state index in [1.165, 1.54) is 0 Å². The minimum absolute atomic E-state index is 0.615. The maximum absolute atomic E-state index is 5.62. The van der Waals surface area contributed by atoms with Crippen LogP contribution in [-0.4, -0.2) is 23.2 Å². The summed E-state index contributed by atoms with van der Waals surface area (Å²) < 4.78 is 11.2. The molecule has 0 saturated heterocycles. The monoisotopic (exact) mass is 428 g/mol. The van der Waals surface area contributed by atoms with Crippen LogP contribution in [0.5, 0.6) is 11.5 Å². The highest BCUT2D eigenvalue weighted by atomic mass is 79.9. The first-order valence-corrected chi connectivity index (χ1v) is 9.34. The van der Waals surface area contributed by atoms with Crippen LogP contribution in [0.3, 0.4) is 0 Å². The molecule has 2 heterocycles. The van der Waals surface area contributed by atoms with E-state index in [1.807, 2.05) is 38.1 Å². The van der Waals surface area contributed by atoms with Gasteiger partial charge in [0.1, 0.15) is 11.5 Å². The molecule has 2 aromatic heterocycles. The molecule has 0 atom stereocenters. The van der Waals surface area contributed by atoms with Gasteiger partial charge in [-0.1, -0.05) is 31.9 Å². The van der Waals surface area contributed by atoms with Gasteiger partial charge in [0, 0.05) is 34.9 Å². The molecule has 118 valence electrons. The zero-order valence-electron chi connectivity index (χ0n) is 12.6. The molecular formula is C16H18Br2N2O2. The Hall–Kier alpha value is -1.14. The summed E-state index contributed by atoms with van der Waals surface area (Å²) in [7, 11) is 0. The zero-order valence-corrected chi connectivity index (χ0v) is 15.8. The van der Waals surface area contributed by atoms with Gasteiger partial charge in [0.25, 0.3) is 0 Å². The molecular weight excluding hydrogens is 412 g/mol. The number of aromatic nitrogens is 2.